The molecule has 128 valence electrons. The molecular formula is C16H25ClN4OS. The second kappa shape index (κ2) is 10.4. The SMILES string of the molecule is CCCCCCOc1ccccc1-c1nnc(N(C)NC)s1.Cl. The Morgan fingerprint density at radius 1 is 1.17 bits per heavy atom. The number of para-hydroxylation sites is 1. The van der Waals surface area contributed by atoms with Crippen LogP contribution in [0.15, 0.2) is 24.3 Å². The lowest BCUT2D eigenvalue weighted by Crippen LogP contribution is -2.30. The zero-order valence-corrected chi connectivity index (χ0v) is 15.5. The van der Waals surface area contributed by atoms with Gasteiger partial charge in [-0.3, -0.25) is 5.01 Å². The van der Waals surface area contributed by atoms with Crippen LogP contribution in [0.3, 0.4) is 0 Å². The van der Waals surface area contributed by atoms with Gasteiger partial charge in [0, 0.05) is 14.1 Å². The van der Waals surface area contributed by atoms with E-state index < -0.39 is 0 Å². The fraction of sp³-hybridized carbons (Fsp3) is 0.500. The minimum Gasteiger partial charge on any atom is -0.493 e. The van der Waals surface area contributed by atoms with Gasteiger partial charge in [-0.15, -0.1) is 22.6 Å². The number of hydrogen-bond acceptors (Lipinski definition) is 6. The van der Waals surface area contributed by atoms with E-state index in [1.807, 2.05) is 43.4 Å². The molecule has 0 saturated heterocycles. The van der Waals surface area contributed by atoms with Crippen LogP contribution >= 0.6 is 23.7 Å². The molecule has 2 aromatic rings. The third kappa shape index (κ3) is 5.64. The summed E-state index contributed by atoms with van der Waals surface area (Å²) in [6.07, 6.45) is 4.81. The second-order valence-corrected chi connectivity index (χ2v) is 6.03. The molecule has 7 heteroatoms. The monoisotopic (exact) mass is 356 g/mol. The van der Waals surface area contributed by atoms with Gasteiger partial charge in [0.05, 0.1) is 12.2 Å². The molecule has 0 bridgehead atoms. The molecule has 0 unspecified atom stereocenters. The van der Waals surface area contributed by atoms with Gasteiger partial charge in [-0.05, 0) is 18.6 Å². The number of nitrogens with zero attached hydrogens (tertiary/aromatic N) is 3. The summed E-state index contributed by atoms with van der Waals surface area (Å²) in [5.74, 6) is 0.883. The van der Waals surface area contributed by atoms with Crippen LogP contribution in [-0.4, -0.2) is 30.9 Å². The Morgan fingerprint density at radius 3 is 2.70 bits per heavy atom. The molecule has 1 N–H and O–H groups in total. The van der Waals surface area contributed by atoms with E-state index in [9.17, 15) is 0 Å². The van der Waals surface area contributed by atoms with E-state index in [0.717, 1.165) is 34.5 Å². The molecule has 1 aromatic carbocycles. The van der Waals surface area contributed by atoms with Gasteiger partial charge in [0.2, 0.25) is 5.13 Å². The molecule has 0 atom stereocenters. The van der Waals surface area contributed by atoms with Crippen molar-refractivity contribution in [3.63, 3.8) is 0 Å². The maximum Gasteiger partial charge on any atom is 0.222 e. The fourth-order valence-electron chi connectivity index (χ4n) is 2.04. The Morgan fingerprint density at radius 2 is 1.96 bits per heavy atom. The van der Waals surface area contributed by atoms with Crippen molar-refractivity contribution >= 4 is 28.9 Å². The average molecular weight is 357 g/mol. The molecule has 0 aliphatic heterocycles. The van der Waals surface area contributed by atoms with Crippen LogP contribution in [0.2, 0.25) is 0 Å². The van der Waals surface area contributed by atoms with Gasteiger partial charge < -0.3 is 4.74 Å². The third-order valence-electron chi connectivity index (χ3n) is 3.41. The van der Waals surface area contributed by atoms with Crippen LogP contribution < -0.4 is 15.2 Å². The van der Waals surface area contributed by atoms with E-state index in [1.54, 1.807) is 11.3 Å². The summed E-state index contributed by atoms with van der Waals surface area (Å²) in [6.45, 7) is 2.96. The number of halogens is 1. The summed E-state index contributed by atoms with van der Waals surface area (Å²) >= 11 is 1.54. The van der Waals surface area contributed by atoms with Gasteiger partial charge >= 0.3 is 0 Å². The molecule has 5 nitrogen and oxygen atoms in total. The maximum absolute atomic E-state index is 5.94. The largest absolute Gasteiger partial charge is 0.493 e. The molecular weight excluding hydrogens is 332 g/mol. The molecule has 0 aliphatic carbocycles. The van der Waals surface area contributed by atoms with Crippen molar-refractivity contribution in [3.8, 4) is 16.3 Å². The van der Waals surface area contributed by atoms with Crippen LogP contribution in [0.5, 0.6) is 5.75 Å². The van der Waals surface area contributed by atoms with Crippen LogP contribution in [0.25, 0.3) is 10.6 Å². The van der Waals surface area contributed by atoms with E-state index >= 15 is 0 Å². The van der Waals surface area contributed by atoms with Crippen LogP contribution in [0, 0.1) is 0 Å². The van der Waals surface area contributed by atoms with Gasteiger partial charge in [0.25, 0.3) is 0 Å². The Balaban J connectivity index is 0.00000264. The molecule has 0 amide bonds. The molecule has 2 rings (SSSR count). The number of unbranched alkanes of at least 4 members (excludes halogenated alkanes) is 3. The first kappa shape index (κ1) is 19.7. The predicted molar refractivity (Wildman–Crippen MR) is 99.7 cm³/mol. The Hall–Kier alpha value is -1.37. The highest BCUT2D eigenvalue weighted by atomic mass is 35.5. The number of hydrogen-bond donors (Lipinski definition) is 1. The lowest BCUT2D eigenvalue weighted by Gasteiger charge is -2.11. The Labute approximate surface area is 148 Å². The summed E-state index contributed by atoms with van der Waals surface area (Å²) in [7, 11) is 3.77. The Kier molecular flexibility index (Phi) is 8.91. The molecule has 0 spiro atoms. The lowest BCUT2D eigenvalue weighted by molar-refractivity contribution is 0.306. The number of aromatic nitrogens is 2. The highest BCUT2D eigenvalue weighted by molar-refractivity contribution is 7.18. The van der Waals surface area contributed by atoms with Crippen LogP contribution in [0.1, 0.15) is 32.6 Å². The summed E-state index contributed by atoms with van der Waals surface area (Å²) in [5.41, 5.74) is 4.03. The van der Waals surface area contributed by atoms with E-state index in [-0.39, 0.29) is 12.4 Å². The molecule has 1 heterocycles. The minimum atomic E-state index is 0. The molecule has 1 aromatic heterocycles. The average Bonchev–Trinajstić information content (AvgIpc) is 3.04. The molecule has 0 fully saturated rings. The second-order valence-electron chi connectivity index (χ2n) is 5.08. The first-order chi connectivity index (χ1) is 10.8. The highest BCUT2D eigenvalue weighted by Crippen LogP contribution is 2.34. The van der Waals surface area contributed by atoms with Gasteiger partial charge in [-0.25, -0.2) is 5.43 Å². The number of nitrogens with one attached hydrogen (secondary N) is 1. The summed E-state index contributed by atoms with van der Waals surface area (Å²) in [4.78, 5) is 0. The molecule has 0 aliphatic rings. The number of anilines is 1. The van der Waals surface area contributed by atoms with Gasteiger partial charge in [0.15, 0.2) is 5.01 Å². The van der Waals surface area contributed by atoms with E-state index in [2.05, 4.69) is 22.5 Å². The quantitative estimate of drug-likeness (QED) is 0.540. The minimum absolute atomic E-state index is 0. The predicted octanol–water partition coefficient (Wildman–Crippen LogP) is 4.16. The van der Waals surface area contributed by atoms with Crippen LogP contribution in [0.4, 0.5) is 5.13 Å². The van der Waals surface area contributed by atoms with Gasteiger partial charge in [0.1, 0.15) is 5.75 Å². The zero-order valence-electron chi connectivity index (χ0n) is 13.9. The maximum atomic E-state index is 5.94. The van der Waals surface area contributed by atoms with Crippen molar-refractivity contribution in [1.29, 1.82) is 0 Å². The van der Waals surface area contributed by atoms with Crippen molar-refractivity contribution in [2.24, 2.45) is 0 Å². The normalized spacial score (nSPS) is 10.2. The standard InChI is InChI=1S/C16H24N4OS.ClH/c1-4-5-6-9-12-21-14-11-8-7-10-13(14)15-18-19-16(22-15)20(3)17-2;/h7-8,10-11,17H,4-6,9,12H2,1-3H3;1H. The van der Waals surface area contributed by atoms with Crippen molar-refractivity contribution < 1.29 is 4.74 Å². The van der Waals surface area contributed by atoms with Gasteiger partial charge in [-0.1, -0.05) is 49.7 Å². The van der Waals surface area contributed by atoms with Gasteiger partial charge in [-0.2, -0.15) is 0 Å². The zero-order chi connectivity index (χ0) is 15.8. The Bertz CT molecular complexity index is 579. The molecule has 0 saturated carbocycles. The third-order valence-corrected chi connectivity index (χ3v) is 4.44. The first-order valence-electron chi connectivity index (χ1n) is 7.73. The fourth-order valence-corrected chi connectivity index (χ4v) is 2.88. The smallest absolute Gasteiger partial charge is 0.222 e. The topological polar surface area (TPSA) is 50.3 Å². The van der Waals surface area contributed by atoms with Crippen molar-refractivity contribution in [3.05, 3.63) is 24.3 Å². The van der Waals surface area contributed by atoms with Crippen molar-refractivity contribution in [2.45, 2.75) is 32.6 Å². The van der Waals surface area contributed by atoms with Crippen molar-refractivity contribution in [2.75, 3.05) is 25.7 Å². The van der Waals surface area contributed by atoms with E-state index in [1.165, 1.54) is 19.3 Å². The molecule has 23 heavy (non-hydrogen) atoms. The molecule has 0 radical (unpaired) electrons. The summed E-state index contributed by atoms with van der Waals surface area (Å²) in [5, 5.41) is 12.0. The first-order valence-corrected chi connectivity index (χ1v) is 8.54. The van der Waals surface area contributed by atoms with E-state index in [0.29, 0.717) is 0 Å². The summed E-state index contributed by atoms with van der Waals surface area (Å²) < 4.78 is 5.94. The number of ether oxygens (including phenoxy) is 1. The lowest BCUT2D eigenvalue weighted by atomic mass is 10.2. The van der Waals surface area contributed by atoms with Crippen LogP contribution in [-0.2, 0) is 0 Å². The number of benzene rings is 1. The summed E-state index contributed by atoms with van der Waals surface area (Å²) in [6, 6.07) is 8.03. The highest BCUT2D eigenvalue weighted by Gasteiger charge is 2.13. The van der Waals surface area contributed by atoms with Crippen molar-refractivity contribution in [1.82, 2.24) is 15.6 Å². The van der Waals surface area contributed by atoms with E-state index in [4.69, 9.17) is 4.74 Å². The number of rotatable bonds is 9. The number of hydrazine groups is 1.